The minimum absolute atomic E-state index is 0.0983. The molecule has 2 aromatic carbocycles. The summed E-state index contributed by atoms with van der Waals surface area (Å²) in [5, 5.41) is 7.52. The van der Waals surface area contributed by atoms with Crippen molar-refractivity contribution in [3.05, 3.63) is 66.4 Å². The Morgan fingerprint density at radius 1 is 1.21 bits per heavy atom. The van der Waals surface area contributed by atoms with Crippen LogP contribution >= 0.6 is 0 Å². The Morgan fingerprint density at radius 2 is 2.00 bits per heavy atom. The van der Waals surface area contributed by atoms with Gasteiger partial charge in [0.2, 0.25) is 0 Å². The molecule has 0 spiro atoms. The van der Waals surface area contributed by atoms with Gasteiger partial charge >= 0.3 is 0 Å². The number of carbonyl (C=O) groups excluding carboxylic acids is 1. The summed E-state index contributed by atoms with van der Waals surface area (Å²) >= 11 is 0. The minimum Gasteiger partial charge on any atom is -0.497 e. The predicted molar refractivity (Wildman–Crippen MR) is 107 cm³/mol. The molecule has 1 saturated heterocycles. The Kier molecular flexibility index (Phi) is 5.39. The van der Waals surface area contributed by atoms with Gasteiger partial charge in [0.15, 0.2) is 5.69 Å². The van der Waals surface area contributed by atoms with Crippen molar-refractivity contribution in [1.82, 2.24) is 15.1 Å². The van der Waals surface area contributed by atoms with Crippen LogP contribution in [0.5, 0.6) is 5.75 Å². The Morgan fingerprint density at radius 3 is 2.68 bits per heavy atom. The van der Waals surface area contributed by atoms with Crippen LogP contribution in [0, 0.1) is 0 Å². The molecule has 1 aliphatic rings. The molecule has 1 aliphatic heterocycles. The number of carbonyl (C=O) groups is 1. The van der Waals surface area contributed by atoms with E-state index in [4.69, 9.17) is 9.47 Å². The number of hydrogen-bond acceptors (Lipinski definition) is 4. The van der Waals surface area contributed by atoms with E-state index >= 15 is 0 Å². The van der Waals surface area contributed by atoms with E-state index in [2.05, 4.69) is 10.4 Å². The van der Waals surface area contributed by atoms with Gasteiger partial charge in [-0.15, -0.1) is 0 Å². The molecule has 1 unspecified atom stereocenters. The van der Waals surface area contributed by atoms with Gasteiger partial charge in [0.05, 0.1) is 24.6 Å². The lowest BCUT2D eigenvalue weighted by Crippen LogP contribution is -2.32. The normalized spacial score (nSPS) is 16.1. The van der Waals surface area contributed by atoms with E-state index in [1.165, 1.54) is 0 Å². The summed E-state index contributed by atoms with van der Waals surface area (Å²) in [5.41, 5.74) is 3.07. The highest BCUT2D eigenvalue weighted by atomic mass is 16.5. The molecule has 144 valence electrons. The van der Waals surface area contributed by atoms with Crippen LogP contribution in [0.25, 0.3) is 16.9 Å². The maximum Gasteiger partial charge on any atom is 0.271 e. The Hall–Kier alpha value is -3.12. The van der Waals surface area contributed by atoms with E-state index in [1.54, 1.807) is 11.8 Å². The highest BCUT2D eigenvalue weighted by molar-refractivity contribution is 5.93. The molecular formula is C22H23N3O3. The zero-order valence-corrected chi connectivity index (χ0v) is 15.8. The topological polar surface area (TPSA) is 65.4 Å². The second-order valence-electron chi connectivity index (χ2n) is 6.74. The van der Waals surface area contributed by atoms with Crippen molar-refractivity contribution in [1.29, 1.82) is 0 Å². The maximum atomic E-state index is 12.7. The number of para-hydroxylation sites is 1. The molecule has 4 rings (SSSR count). The number of methoxy groups -OCH3 is 1. The van der Waals surface area contributed by atoms with Crippen LogP contribution in [0.15, 0.2) is 60.7 Å². The van der Waals surface area contributed by atoms with Gasteiger partial charge in [-0.1, -0.05) is 18.2 Å². The van der Waals surface area contributed by atoms with Crippen LogP contribution in [0.3, 0.4) is 0 Å². The van der Waals surface area contributed by atoms with Gasteiger partial charge in [-0.2, -0.15) is 5.10 Å². The molecule has 0 saturated carbocycles. The van der Waals surface area contributed by atoms with E-state index in [-0.39, 0.29) is 12.0 Å². The molecule has 1 atom stereocenters. The van der Waals surface area contributed by atoms with Gasteiger partial charge in [0, 0.05) is 18.7 Å². The van der Waals surface area contributed by atoms with E-state index in [9.17, 15) is 4.79 Å². The predicted octanol–water partition coefficient (Wildman–Crippen LogP) is 3.46. The van der Waals surface area contributed by atoms with Crippen molar-refractivity contribution in [3.63, 3.8) is 0 Å². The lowest BCUT2D eigenvalue weighted by atomic mass is 10.1. The number of hydrogen-bond donors (Lipinski definition) is 1. The fraction of sp³-hybridized carbons (Fsp3) is 0.273. The monoisotopic (exact) mass is 377 g/mol. The summed E-state index contributed by atoms with van der Waals surface area (Å²) in [6.45, 7) is 1.28. The molecule has 1 aromatic heterocycles. The van der Waals surface area contributed by atoms with Crippen molar-refractivity contribution < 1.29 is 14.3 Å². The summed E-state index contributed by atoms with van der Waals surface area (Å²) in [5.74, 6) is 0.587. The number of rotatable bonds is 6. The van der Waals surface area contributed by atoms with Crippen LogP contribution in [-0.2, 0) is 4.74 Å². The van der Waals surface area contributed by atoms with Gasteiger partial charge < -0.3 is 14.8 Å². The van der Waals surface area contributed by atoms with E-state index in [1.807, 2.05) is 60.7 Å². The summed E-state index contributed by atoms with van der Waals surface area (Å²) in [6.07, 6.45) is 2.13. The van der Waals surface area contributed by atoms with Gasteiger partial charge in [0.1, 0.15) is 5.75 Å². The molecular weight excluding hydrogens is 354 g/mol. The number of benzene rings is 2. The lowest BCUT2D eigenvalue weighted by molar-refractivity contribution is 0.0853. The first-order chi connectivity index (χ1) is 13.7. The van der Waals surface area contributed by atoms with Crippen LogP contribution in [0.4, 0.5) is 0 Å². The van der Waals surface area contributed by atoms with E-state index < -0.39 is 0 Å². The van der Waals surface area contributed by atoms with E-state index in [0.29, 0.717) is 12.2 Å². The highest BCUT2D eigenvalue weighted by Gasteiger charge is 2.20. The molecule has 0 radical (unpaired) electrons. The Bertz CT molecular complexity index is 929. The highest BCUT2D eigenvalue weighted by Crippen LogP contribution is 2.26. The average molecular weight is 377 g/mol. The standard InChI is InChI=1S/C22H23N3O3/c1-27-18-11-9-16(10-12-18)21-14-20(22(26)23-15-19-8-5-13-28-19)24-25(21)17-6-3-2-4-7-17/h2-4,6-7,9-12,14,19H,5,8,13,15H2,1H3,(H,23,26). The molecule has 0 bridgehead atoms. The van der Waals surface area contributed by atoms with Crippen molar-refractivity contribution in [2.24, 2.45) is 0 Å². The fourth-order valence-corrected chi connectivity index (χ4v) is 3.33. The van der Waals surface area contributed by atoms with Crippen molar-refractivity contribution in [2.75, 3.05) is 20.3 Å². The largest absolute Gasteiger partial charge is 0.497 e. The van der Waals surface area contributed by atoms with Gasteiger partial charge in [-0.25, -0.2) is 4.68 Å². The summed E-state index contributed by atoms with van der Waals surface area (Å²) in [7, 11) is 1.64. The smallest absolute Gasteiger partial charge is 0.271 e. The molecule has 3 aromatic rings. The maximum absolute atomic E-state index is 12.7. The second-order valence-corrected chi connectivity index (χ2v) is 6.74. The fourth-order valence-electron chi connectivity index (χ4n) is 3.33. The van der Waals surface area contributed by atoms with Gasteiger partial charge in [0.25, 0.3) is 5.91 Å². The van der Waals surface area contributed by atoms with Crippen LogP contribution in [0.2, 0.25) is 0 Å². The third kappa shape index (κ3) is 3.92. The van der Waals surface area contributed by atoms with E-state index in [0.717, 1.165) is 42.1 Å². The SMILES string of the molecule is COc1ccc(-c2cc(C(=O)NCC3CCCO3)nn2-c2ccccc2)cc1. The molecule has 28 heavy (non-hydrogen) atoms. The molecule has 2 heterocycles. The zero-order chi connectivity index (χ0) is 19.3. The van der Waals surface area contributed by atoms with Crippen LogP contribution in [0.1, 0.15) is 23.3 Å². The molecule has 6 heteroatoms. The third-order valence-corrected chi connectivity index (χ3v) is 4.84. The number of nitrogens with one attached hydrogen (secondary N) is 1. The number of ether oxygens (including phenoxy) is 2. The second kappa shape index (κ2) is 8.27. The first kappa shape index (κ1) is 18.3. The summed E-state index contributed by atoms with van der Waals surface area (Å²) < 4.78 is 12.6. The molecule has 6 nitrogen and oxygen atoms in total. The molecule has 1 fully saturated rings. The van der Waals surface area contributed by atoms with Gasteiger partial charge in [-0.05, 0) is 55.3 Å². The summed E-state index contributed by atoms with van der Waals surface area (Å²) in [6, 6.07) is 19.3. The summed E-state index contributed by atoms with van der Waals surface area (Å²) in [4.78, 5) is 12.7. The Balaban J connectivity index is 1.64. The molecule has 1 N–H and O–H groups in total. The quantitative estimate of drug-likeness (QED) is 0.715. The molecule has 0 aliphatic carbocycles. The van der Waals surface area contributed by atoms with Crippen LogP contribution < -0.4 is 10.1 Å². The minimum atomic E-state index is -0.194. The number of nitrogens with zero attached hydrogens (tertiary/aromatic N) is 2. The van der Waals surface area contributed by atoms with Crippen molar-refractivity contribution in [2.45, 2.75) is 18.9 Å². The Labute approximate surface area is 164 Å². The number of aromatic nitrogens is 2. The van der Waals surface area contributed by atoms with Gasteiger partial charge in [-0.3, -0.25) is 4.79 Å². The van der Waals surface area contributed by atoms with Crippen molar-refractivity contribution >= 4 is 5.91 Å². The average Bonchev–Trinajstić information content (AvgIpc) is 3.43. The molecule has 1 amide bonds. The zero-order valence-electron chi connectivity index (χ0n) is 15.8. The first-order valence-corrected chi connectivity index (χ1v) is 9.44. The third-order valence-electron chi connectivity index (χ3n) is 4.84. The first-order valence-electron chi connectivity index (χ1n) is 9.44. The lowest BCUT2D eigenvalue weighted by Gasteiger charge is -2.09. The van der Waals surface area contributed by atoms with Crippen LogP contribution in [-0.4, -0.2) is 42.1 Å². The number of amides is 1. The van der Waals surface area contributed by atoms with Crippen molar-refractivity contribution in [3.8, 4) is 22.7 Å².